The summed E-state index contributed by atoms with van der Waals surface area (Å²) in [4.78, 5) is 0. The second kappa shape index (κ2) is 6.53. The summed E-state index contributed by atoms with van der Waals surface area (Å²) in [6.45, 7) is 3.95. The van der Waals surface area contributed by atoms with Gasteiger partial charge in [0.2, 0.25) is 0 Å². The summed E-state index contributed by atoms with van der Waals surface area (Å²) in [6.07, 6.45) is 3.99. The van der Waals surface area contributed by atoms with E-state index in [0.29, 0.717) is 17.7 Å². The summed E-state index contributed by atoms with van der Waals surface area (Å²) >= 11 is 0. The predicted molar refractivity (Wildman–Crippen MR) is 71.2 cm³/mol. The van der Waals surface area contributed by atoms with Crippen LogP contribution in [0.3, 0.4) is 0 Å². The van der Waals surface area contributed by atoms with Gasteiger partial charge in [0, 0.05) is 19.2 Å². The predicted octanol–water partition coefficient (Wildman–Crippen LogP) is 2.78. The minimum atomic E-state index is 0.295. The van der Waals surface area contributed by atoms with Crippen molar-refractivity contribution in [3.63, 3.8) is 0 Å². The van der Waals surface area contributed by atoms with Crippen molar-refractivity contribution in [2.24, 2.45) is 0 Å². The molecular formula is C15H20N2O. The van der Waals surface area contributed by atoms with Crippen LogP contribution >= 0.6 is 0 Å². The van der Waals surface area contributed by atoms with Crippen LogP contribution in [0.1, 0.15) is 43.4 Å². The van der Waals surface area contributed by atoms with Gasteiger partial charge in [0.25, 0.3) is 0 Å². The Balaban J connectivity index is 1.83. The lowest BCUT2D eigenvalue weighted by atomic mass is 10.1. The van der Waals surface area contributed by atoms with Gasteiger partial charge in [-0.3, -0.25) is 0 Å². The summed E-state index contributed by atoms with van der Waals surface area (Å²) in [5.74, 6) is 0. The lowest BCUT2D eigenvalue weighted by Crippen LogP contribution is -2.33. The molecule has 3 nitrogen and oxygen atoms in total. The van der Waals surface area contributed by atoms with Crippen molar-refractivity contribution in [3.8, 4) is 6.07 Å². The molecule has 1 aliphatic heterocycles. The second-order valence-corrected chi connectivity index (χ2v) is 4.85. The Labute approximate surface area is 109 Å². The van der Waals surface area contributed by atoms with E-state index in [0.717, 1.165) is 19.6 Å². The Hall–Kier alpha value is -1.37. The molecule has 1 aromatic carbocycles. The summed E-state index contributed by atoms with van der Waals surface area (Å²) in [5.41, 5.74) is 1.92. The number of hydrogen-bond acceptors (Lipinski definition) is 3. The van der Waals surface area contributed by atoms with Gasteiger partial charge in [0.1, 0.15) is 0 Å². The number of ether oxygens (including phenoxy) is 1. The van der Waals surface area contributed by atoms with Gasteiger partial charge >= 0.3 is 0 Å². The highest BCUT2D eigenvalue weighted by molar-refractivity contribution is 5.32. The van der Waals surface area contributed by atoms with Crippen LogP contribution in [-0.2, 0) is 4.74 Å². The number of hydrogen-bond donors (Lipinski definition) is 1. The molecule has 2 unspecified atom stereocenters. The maximum absolute atomic E-state index is 8.76. The van der Waals surface area contributed by atoms with Crippen molar-refractivity contribution in [1.29, 1.82) is 5.26 Å². The van der Waals surface area contributed by atoms with Gasteiger partial charge in [-0.05, 0) is 43.9 Å². The van der Waals surface area contributed by atoms with E-state index >= 15 is 0 Å². The van der Waals surface area contributed by atoms with Crippen LogP contribution in [0.2, 0.25) is 0 Å². The zero-order valence-electron chi connectivity index (χ0n) is 10.9. The van der Waals surface area contributed by atoms with Gasteiger partial charge in [-0.25, -0.2) is 0 Å². The Morgan fingerprint density at radius 2 is 2.17 bits per heavy atom. The van der Waals surface area contributed by atoms with E-state index in [1.54, 1.807) is 0 Å². The van der Waals surface area contributed by atoms with E-state index in [-0.39, 0.29) is 0 Å². The third kappa shape index (κ3) is 3.56. The fourth-order valence-electron chi connectivity index (χ4n) is 2.24. The Bertz CT molecular complexity index is 401. The minimum absolute atomic E-state index is 0.295. The van der Waals surface area contributed by atoms with Crippen molar-refractivity contribution >= 4 is 0 Å². The maximum atomic E-state index is 8.76. The van der Waals surface area contributed by atoms with Gasteiger partial charge in [-0.2, -0.15) is 5.26 Å². The van der Waals surface area contributed by atoms with Crippen molar-refractivity contribution < 1.29 is 4.74 Å². The molecule has 2 rings (SSSR count). The molecule has 0 bridgehead atoms. The summed E-state index contributed by atoms with van der Waals surface area (Å²) in [6, 6.07) is 10.2. The monoisotopic (exact) mass is 244 g/mol. The Morgan fingerprint density at radius 3 is 2.78 bits per heavy atom. The highest BCUT2D eigenvalue weighted by Gasteiger charge is 2.14. The summed E-state index contributed by atoms with van der Waals surface area (Å²) < 4.78 is 5.70. The molecule has 0 saturated carbocycles. The second-order valence-electron chi connectivity index (χ2n) is 4.85. The van der Waals surface area contributed by atoms with Gasteiger partial charge in [-0.15, -0.1) is 0 Å². The quantitative estimate of drug-likeness (QED) is 0.885. The summed E-state index contributed by atoms with van der Waals surface area (Å²) in [5, 5.41) is 12.3. The zero-order chi connectivity index (χ0) is 12.8. The molecule has 1 aromatic rings. The zero-order valence-corrected chi connectivity index (χ0v) is 10.9. The SMILES string of the molecule is CC(NCC1CCCCO1)c1ccc(C#N)cc1. The third-order valence-corrected chi connectivity index (χ3v) is 3.47. The molecule has 18 heavy (non-hydrogen) atoms. The van der Waals surface area contributed by atoms with E-state index in [1.165, 1.54) is 18.4 Å². The minimum Gasteiger partial charge on any atom is -0.377 e. The van der Waals surface area contributed by atoms with Crippen molar-refractivity contribution in [3.05, 3.63) is 35.4 Å². The van der Waals surface area contributed by atoms with Gasteiger partial charge in [-0.1, -0.05) is 12.1 Å². The highest BCUT2D eigenvalue weighted by atomic mass is 16.5. The van der Waals surface area contributed by atoms with Crippen LogP contribution in [-0.4, -0.2) is 19.3 Å². The van der Waals surface area contributed by atoms with Gasteiger partial charge < -0.3 is 10.1 Å². The average molecular weight is 244 g/mol. The van der Waals surface area contributed by atoms with Crippen LogP contribution in [0.5, 0.6) is 0 Å². The highest BCUT2D eigenvalue weighted by Crippen LogP contribution is 2.15. The smallest absolute Gasteiger partial charge is 0.0991 e. The molecule has 0 aromatic heterocycles. The molecule has 0 spiro atoms. The lowest BCUT2D eigenvalue weighted by Gasteiger charge is -2.24. The first-order chi connectivity index (χ1) is 8.79. The first-order valence-electron chi connectivity index (χ1n) is 6.64. The molecule has 1 N–H and O–H groups in total. The molecular weight excluding hydrogens is 224 g/mol. The fraction of sp³-hybridized carbons (Fsp3) is 0.533. The number of nitrogens with one attached hydrogen (secondary N) is 1. The summed E-state index contributed by atoms with van der Waals surface area (Å²) in [7, 11) is 0. The van der Waals surface area contributed by atoms with Gasteiger partial charge in [0.15, 0.2) is 0 Å². The normalized spacial score (nSPS) is 21.2. The molecule has 96 valence electrons. The topological polar surface area (TPSA) is 45.0 Å². The van der Waals surface area contributed by atoms with E-state index in [9.17, 15) is 0 Å². The van der Waals surface area contributed by atoms with Crippen LogP contribution in [0.4, 0.5) is 0 Å². The average Bonchev–Trinajstić information content (AvgIpc) is 2.46. The fourth-order valence-corrected chi connectivity index (χ4v) is 2.24. The number of rotatable bonds is 4. The van der Waals surface area contributed by atoms with E-state index in [2.05, 4.69) is 18.3 Å². The first kappa shape index (κ1) is 13.1. The van der Waals surface area contributed by atoms with E-state index in [4.69, 9.17) is 10.00 Å². The van der Waals surface area contributed by atoms with Crippen LogP contribution in [0.25, 0.3) is 0 Å². The van der Waals surface area contributed by atoms with Crippen LogP contribution in [0, 0.1) is 11.3 Å². The molecule has 0 aliphatic carbocycles. The number of nitrogens with zero attached hydrogens (tertiary/aromatic N) is 1. The molecule has 1 heterocycles. The molecule has 0 amide bonds. The molecule has 3 heteroatoms. The molecule has 1 fully saturated rings. The Kier molecular flexibility index (Phi) is 4.74. The lowest BCUT2D eigenvalue weighted by molar-refractivity contribution is 0.0156. The number of nitriles is 1. The van der Waals surface area contributed by atoms with E-state index in [1.807, 2.05) is 24.3 Å². The maximum Gasteiger partial charge on any atom is 0.0991 e. The van der Waals surface area contributed by atoms with Crippen LogP contribution in [0.15, 0.2) is 24.3 Å². The third-order valence-electron chi connectivity index (χ3n) is 3.47. The molecule has 2 atom stereocenters. The molecule has 0 radical (unpaired) electrons. The Morgan fingerprint density at radius 1 is 1.39 bits per heavy atom. The van der Waals surface area contributed by atoms with E-state index < -0.39 is 0 Å². The van der Waals surface area contributed by atoms with Crippen LogP contribution < -0.4 is 5.32 Å². The van der Waals surface area contributed by atoms with Crippen molar-refractivity contribution in [2.45, 2.75) is 38.3 Å². The first-order valence-corrected chi connectivity index (χ1v) is 6.64. The standard InChI is InChI=1S/C15H20N2O/c1-12(14-7-5-13(10-16)6-8-14)17-11-15-4-2-3-9-18-15/h5-8,12,15,17H,2-4,9,11H2,1H3. The van der Waals surface area contributed by atoms with Crippen molar-refractivity contribution in [2.75, 3.05) is 13.2 Å². The largest absolute Gasteiger partial charge is 0.377 e. The number of benzene rings is 1. The molecule has 1 saturated heterocycles. The van der Waals surface area contributed by atoms with Gasteiger partial charge in [0.05, 0.1) is 17.7 Å². The molecule has 1 aliphatic rings. The van der Waals surface area contributed by atoms with Crippen molar-refractivity contribution in [1.82, 2.24) is 5.32 Å².